The molecule has 5 nitrogen and oxygen atoms in total. The molecule has 0 aromatic heterocycles. The van der Waals surface area contributed by atoms with Crippen LogP contribution in [0.15, 0.2) is 30.3 Å². The topological polar surface area (TPSA) is 64.6 Å². The number of nitrogens with one attached hydrogen (secondary N) is 1. The van der Waals surface area contributed by atoms with Crippen molar-refractivity contribution in [1.82, 2.24) is 4.72 Å². The Morgan fingerprint density at radius 3 is 2.54 bits per heavy atom. The van der Waals surface area contributed by atoms with Crippen molar-refractivity contribution < 1.29 is 17.7 Å². The number of benzene rings is 1. The molecule has 3 saturated carbocycles. The molecular formula is C19H28BNO4S. The summed E-state index contributed by atoms with van der Waals surface area (Å²) in [6.07, 6.45) is 3.95. The smallest absolute Gasteiger partial charge is 0.404 e. The van der Waals surface area contributed by atoms with Gasteiger partial charge in [-0.1, -0.05) is 44.2 Å². The third-order valence-electron chi connectivity index (χ3n) is 6.96. The van der Waals surface area contributed by atoms with Gasteiger partial charge in [0, 0.05) is 0 Å². The number of sulfonamides is 1. The molecule has 0 radical (unpaired) electrons. The highest BCUT2D eigenvalue weighted by atomic mass is 32.2. The molecule has 2 bridgehead atoms. The van der Waals surface area contributed by atoms with E-state index in [2.05, 4.69) is 25.5 Å². The Morgan fingerprint density at radius 1 is 1.23 bits per heavy atom. The molecule has 26 heavy (non-hydrogen) atoms. The third-order valence-corrected chi connectivity index (χ3v) is 7.69. The summed E-state index contributed by atoms with van der Waals surface area (Å²) >= 11 is 0. The molecule has 0 spiro atoms. The maximum Gasteiger partial charge on any atom is 0.477 e. The predicted molar refractivity (Wildman–Crippen MR) is 102 cm³/mol. The molecular weight excluding hydrogens is 349 g/mol. The van der Waals surface area contributed by atoms with Gasteiger partial charge in [-0.2, -0.15) is 0 Å². The molecule has 1 aromatic rings. The minimum absolute atomic E-state index is 0.0453. The van der Waals surface area contributed by atoms with E-state index < -0.39 is 23.1 Å². The van der Waals surface area contributed by atoms with Crippen molar-refractivity contribution in [3.8, 4) is 0 Å². The van der Waals surface area contributed by atoms with Gasteiger partial charge in [-0.15, -0.1) is 0 Å². The summed E-state index contributed by atoms with van der Waals surface area (Å²) in [6.45, 7) is 6.79. The van der Waals surface area contributed by atoms with E-state index in [1.54, 1.807) is 0 Å². The molecule has 1 N–H and O–H groups in total. The molecule has 1 aromatic carbocycles. The minimum Gasteiger partial charge on any atom is -0.404 e. The summed E-state index contributed by atoms with van der Waals surface area (Å²) in [5, 5.41) is 0. The second-order valence-electron chi connectivity index (χ2n) is 9.02. The van der Waals surface area contributed by atoms with Crippen molar-refractivity contribution in [3.63, 3.8) is 0 Å². The summed E-state index contributed by atoms with van der Waals surface area (Å²) < 4.78 is 39.4. The second kappa shape index (κ2) is 6.06. The predicted octanol–water partition coefficient (Wildman–Crippen LogP) is 2.41. The maximum absolute atomic E-state index is 11.9. The van der Waals surface area contributed by atoms with Gasteiger partial charge in [0.1, 0.15) is 0 Å². The van der Waals surface area contributed by atoms with Gasteiger partial charge in [0.05, 0.1) is 23.9 Å². The van der Waals surface area contributed by atoms with Gasteiger partial charge in [0.2, 0.25) is 10.0 Å². The average molecular weight is 377 g/mol. The van der Waals surface area contributed by atoms with E-state index >= 15 is 0 Å². The van der Waals surface area contributed by atoms with Crippen LogP contribution in [0.1, 0.15) is 39.2 Å². The van der Waals surface area contributed by atoms with Crippen molar-refractivity contribution in [2.24, 2.45) is 17.3 Å². The lowest BCUT2D eigenvalue weighted by Gasteiger charge is -2.64. The summed E-state index contributed by atoms with van der Waals surface area (Å²) in [5.74, 6) is 0.692. The molecule has 4 fully saturated rings. The van der Waals surface area contributed by atoms with Crippen LogP contribution in [0.5, 0.6) is 0 Å². The van der Waals surface area contributed by atoms with Crippen LogP contribution in [0.25, 0.3) is 0 Å². The van der Waals surface area contributed by atoms with Crippen molar-refractivity contribution in [3.05, 3.63) is 35.9 Å². The Balaban J connectivity index is 1.57. The summed E-state index contributed by atoms with van der Waals surface area (Å²) in [7, 11) is -3.93. The highest BCUT2D eigenvalue weighted by molar-refractivity contribution is 7.88. The van der Waals surface area contributed by atoms with Gasteiger partial charge in [-0.05, 0) is 49.0 Å². The zero-order chi connectivity index (χ0) is 18.7. The maximum atomic E-state index is 11.9. The zero-order valence-electron chi connectivity index (χ0n) is 15.9. The van der Waals surface area contributed by atoms with Gasteiger partial charge in [0.25, 0.3) is 0 Å². The summed E-state index contributed by atoms with van der Waals surface area (Å²) in [4.78, 5) is 0. The first-order chi connectivity index (χ1) is 12.1. The van der Waals surface area contributed by atoms with Crippen molar-refractivity contribution in [1.29, 1.82) is 0 Å². The van der Waals surface area contributed by atoms with Crippen molar-refractivity contribution in [2.75, 3.05) is 6.26 Å². The molecule has 1 saturated heterocycles. The van der Waals surface area contributed by atoms with Gasteiger partial charge in [-0.25, -0.2) is 13.1 Å². The van der Waals surface area contributed by atoms with E-state index in [-0.39, 0.29) is 17.1 Å². The Kier molecular flexibility index (Phi) is 4.31. The number of hydrogen-bond acceptors (Lipinski definition) is 4. The molecule has 0 amide bonds. The van der Waals surface area contributed by atoms with Crippen molar-refractivity contribution >= 4 is 17.1 Å². The normalized spacial score (nSPS) is 36.3. The Labute approximate surface area is 157 Å². The van der Waals surface area contributed by atoms with Crippen LogP contribution in [0, 0.1) is 17.3 Å². The van der Waals surface area contributed by atoms with Gasteiger partial charge >= 0.3 is 7.12 Å². The van der Waals surface area contributed by atoms with Crippen LogP contribution in [-0.2, 0) is 25.8 Å². The minimum atomic E-state index is -3.37. The molecule has 5 atom stereocenters. The Hall–Kier alpha value is -0.885. The SMILES string of the molecule is CC1(C)C2CC3OB([C@H](Cc4ccccc4)NS(C)(=O)=O)O[C@@]3(C)C1C2. The van der Waals surface area contributed by atoms with E-state index in [4.69, 9.17) is 9.31 Å². The van der Waals surface area contributed by atoms with E-state index in [0.29, 0.717) is 18.3 Å². The van der Waals surface area contributed by atoms with E-state index in [1.807, 2.05) is 30.3 Å². The fourth-order valence-electron chi connectivity index (χ4n) is 5.41. The van der Waals surface area contributed by atoms with Crippen LogP contribution in [0.2, 0.25) is 0 Å². The fourth-order valence-corrected chi connectivity index (χ4v) is 6.15. The number of hydrogen-bond donors (Lipinski definition) is 1. The third kappa shape index (κ3) is 3.03. The molecule has 3 unspecified atom stereocenters. The molecule has 1 aliphatic heterocycles. The Bertz CT molecular complexity index is 784. The lowest BCUT2D eigenvalue weighted by Crippen LogP contribution is -2.65. The van der Waals surface area contributed by atoms with E-state index in [0.717, 1.165) is 12.0 Å². The molecule has 5 rings (SSSR count). The van der Waals surface area contributed by atoms with E-state index in [1.165, 1.54) is 12.7 Å². The zero-order valence-corrected chi connectivity index (χ0v) is 16.8. The van der Waals surface area contributed by atoms with Crippen LogP contribution >= 0.6 is 0 Å². The summed E-state index contributed by atoms with van der Waals surface area (Å²) in [5.41, 5.74) is 0.991. The first-order valence-corrected chi connectivity index (χ1v) is 11.3. The largest absolute Gasteiger partial charge is 0.477 e. The molecule has 3 aliphatic carbocycles. The first kappa shape index (κ1) is 18.5. The fraction of sp³-hybridized carbons (Fsp3) is 0.684. The first-order valence-electron chi connectivity index (χ1n) is 9.44. The van der Waals surface area contributed by atoms with Crippen molar-refractivity contribution in [2.45, 2.75) is 57.7 Å². The van der Waals surface area contributed by atoms with Gasteiger partial charge in [-0.3, -0.25) is 0 Å². The lowest BCUT2D eigenvalue weighted by molar-refractivity contribution is -0.199. The summed E-state index contributed by atoms with van der Waals surface area (Å²) in [6, 6.07) is 9.88. The van der Waals surface area contributed by atoms with Gasteiger partial charge in [0.15, 0.2) is 0 Å². The molecule has 7 heteroatoms. The van der Waals surface area contributed by atoms with Crippen LogP contribution < -0.4 is 4.72 Å². The average Bonchev–Trinajstić information content (AvgIpc) is 2.91. The van der Waals surface area contributed by atoms with Crippen LogP contribution in [0.4, 0.5) is 0 Å². The molecule has 1 heterocycles. The Morgan fingerprint density at radius 2 is 1.92 bits per heavy atom. The lowest BCUT2D eigenvalue weighted by atomic mass is 9.43. The molecule has 4 aliphatic rings. The molecule has 142 valence electrons. The highest BCUT2D eigenvalue weighted by Crippen LogP contribution is 2.65. The monoisotopic (exact) mass is 377 g/mol. The quantitative estimate of drug-likeness (QED) is 0.801. The highest BCUT2D eigenvalue weighted by Gasteiger charge is 2.68. The van der Waals surface area contributed by atoms with E-state index in [9.17, 15) is 8.42 Å². The van der Waals surface area contributed by atoms with Crippen LogP contribution in [0.3, 0.4) is 0 Å². The second-order valence-corrected chi connectivity index (χ2v) is 10.8. The van der Waals surface area contributed by atoms with Gasteiger partial charge < -0.3 is 9.31 Å². The standard InChI is InChI=1S/C19H28BNO4S/c1-18(2)14-11-15(18)19(3)16(12-14)24-20(25-19)17(21-26(4,22)23)10-13-8-6-5-7-9-13/h5-9,14-17,21H,10-12H2,1-4H3/t14?,15?,16?,17-,19-/m0/s1. The number of rotatable bonds is 5. The van der Waals surface area contributed by atoms with Crippen LogP contribution in [-0.4, -0.2) is 39.4 Å².